The first-order valence-electron chi connectivity index (χ1n) is 4.99. The fraction of sp³-hybridized carbons (Fsp3) is 0.333. The van der Waals surface area contributed by atoms with Gasteiger partial charge >= 0.3 is 0 Å². The van der Waals surface area contributed by atoms with Crippen LogP contribution in [-0.2, 0) is 6.42 Å². The zero-order valence-electron chi connectivity index (χ0n) is 9.17. The minimum Gasteiger partial charge on any atom is -0.488 e. The van der Waals surface area contributed by atoms with Crippen LogP contribution < -0.4 is 10.5 Å². The lowest BCUT2D eigenvalue weighted by Gasteiger charge is -2.13. The molecule has 0 radical (unpaired) electrons. The van der Waals surface area contributed by atoms with Crippen LogP contribution in [0.3, 0.4) is 0 Å². The number of benzene rings is 1. The van der Waals surface area contributed by atoms with Gasteiger partial charge in [-0.3, -0.25) is 0 Å². The maximum Gasteiger partial charge on any atom is 0.123 e. The first-order chi connectivity index (χ1) is 7.49. The van der Waals surface area contributed by atoms with E-state index in [1.807, 2.05) is 19.1 Å². The van der Waals surface area contributed by atoms with Crippen LogP contribution in [0.25, 0.3) is 0 Å². The molecule has 0 amide bonds. The van der Waals surface area contributed by atoms with Gasteiger partial charge in [-0.05, 0) is 37.1 Å². The van der Waals surface area contributed by atoms with Crippen molar-refractivity contribution >= 4 is 27.5 Å². The van der Waals surface area contributed by atoms with E-state index >= 15 is 0 Å². The fourth-order valence-electron chi connectivity index (χ4n) is 1.35. The van der Waals surface area contributed by atoms with Gasteiger partial charge in [0, 0.05) is 15.5 Å². The number of halogens is 2. The summed E-state index contributed by atoms with van der Waals surface area (Å²) in [7, 11) is 0. The normalized spacial score (nSPS) is 12.2. The summed E-state index contributed by atoms with van der Waals surface area (Å²) in [6, 6.07) is 5.62. The molecule has 0 saturated heterocycles. The molecule has 1 aromatic rings. The van der Waals surface area contributed by atoms with Crippen molar-refractivity contribution in [1.29, 1.82) is 0 Å². The van der Waals surface area contributed by atoms with Crippen LogP contribution in [0.15, 0.2) is 29.3 Å². The van der Waals surface area contributed by atoms with E-state index in [0.29, 0.717) is 11.6 Å². The van der Waals surface area contributed by atoms with E-state index in [-0.39, 0.29) is 6.04 Å². The quantitative estimate of drug-likeness (QED) is 0.903. The third-order valence-electron chi connectivity index (χ3n) is 1.95. The molecular formula is C12H15BrClNO. The summed E-state index contributed by atoms with van der Waals surface area (Å²) in [6.45, 7) is 6.11. The van der Waals surface area contributed by atoms with E-state index in [4.69, 9.17) is 22.1 Å². The van der Waals surface area contributed by atoms with Gasteiger partial charge in [0.05, 0.1) is 0 Å². The molecule has 0 aliphatic carbocycles. The second kappa shape index (κ2) is 6.28. The van der Waals surface area contributed by atoms with E-state index in [1.165, 1.54) is 0 Å². The first-order valence-corrected chi connectivity index (χ1v) is 6.16. The number of ether oxygens (including phenoxy) is 1. The van der Waals surface area contributed by atoms with E-state index in [0.717, 1.165) is 22.2 Å². The Balaban J connectivity index is 2.84. The van der Waals surface area contributed by atoms with Crippen LogP contribution in [0, 0.1) is 0 Å². The maximum atomic E-state index is 5.94. The molecule has 0 aromatic heterocycles. The molecule has 1 unspecified atom stereocenters. The zero-order valence-corrected chi connectivity index (χ0v) is 11.5. The molecule has 1 aromatic carbocycles. The summed E-state index contributed by atoms with van der Waals surface area (Å²) >= 11 is 9.19. The van der Waals surface area contributed by atoms with Crippen molar-refractivity contribution in [2.75, 3.05) is 6.61 Å². The molecule has 0 aliphatic rings. The number of hydrogen-bond acceptors (Lipinski definition) is 2. The van der Waals surface area contributed by atoms with Crippen molar-refractivity contribution in [2.24, 2.45) is 5.73 Å². The minimum atomic E-state index is 0.0768. The predicted octanol–water partition coefficient (Wildman–Crippen LogP) is 3.52. The zero-order chi connectivity index (χ0) is 12.1. The highest BCUT2D eigenvalue weighted by Gasteiger charge is 2.07. The van der Waals surface area contributed by atoms with Gasteiger partial charge in [-0.1, -0.05) is 34.1 Å². The van der Waals surface area contributed by atoms with Crippen LogP contribution >= 0.6 is 27.5 Å². The fourth-order valence-corrected chi connectivity index (χ4v) is 1.66. The van der Waals surface area contributed by atoms with Crippen LogP contribution in [0.1, 0.15) is 12.5 Å². The molecule has 0 spiro atoms. The molecule has 4 heteroatoms. The Morgan fingerprint density at radius 2 is 2.31 bits per heavy atom. The molecule has 0 fully saturated rings. The molecule has 1 atom stereocenters. The van der Waals surface area contributed by atoms with Gasteiger partial charge in [-0.15, -0.1) is 0 Å². The molecule has 0 aliphatic heterocycles. The lowest BCUT2D eigenvalue weighted by Crippen LogP contribution is -2.18. The van der Waals surface area contributed by atoms with Gasteiger partial charge < -0.3 is 10.5 Å². The smallest absolute Gasteiger partial charge is 0.123 e. The molecule has 0 heterocycles. The van der Waals surface area contributed by atoms with Gasteiger partial charge in [0.15, 0.2) is 0 Å². The lowest BCUT2D eigenvalue weighted by atomic mass is 10.1. The molecule has 88 valence electrons. The number of hydrogen-bond donors (Lipinski definition) is 1. The monoisotopic (exact) mass is 303 g/mol. The summed E-state index contributed by atoms with van der Waals surface area (Å²) in [5, 5.41) is 0.695. The van der Waals surface area contributed by atoms with Crippen molar-refractivity contribution in [3.05, 3.63) is 39.8 Å². The summed E-state index contributed by atoms with van der Waals surface area (Å²) < 4.78 is 6.39. The minimum absolute atomic E-state index is 0.0768. The van der Waals surface area contributed by atoms with Crippen LogP contribution in [0.2, 0.25) is 5.02 Å². The second-order valence-corrected chi connectivity index (χ2v) is 5.30. The Kier molecular flexibility index (Phi) is 5.32. The van der Waals surface area contributed by atoms with Crippen LogP contribution in [-0.4, -0.2) is 12.6 Å². The van der Waals surface area contributed by atoms with E-state index in [1.54, 1.807) is 6.07 Å². The third kappa shape index (κ3) is 4.56. The average Bonchev–Trinajstić information content (AvgIpc) is 2.15. The Hall–Kier alpha value is -0.510. The Labute approximate surface area is 110 Å². The van der Waals surface area contributed by atoms with E-state index in [2.05, 4.69) is 22.5 Å². The molecular weight excluding hydrogens is 289 g/mol. The highest BCUT2D eigenvalue weighted by Crippen LogP contribution is 2.24. The van der Waals surface area contributed by atoms with Crippen molar-refractivity contribution < 1.29 is 4.74 Å². The topological polar surface area (TPSA) is 35.2 Å². The highest BCUT2D eigenvalue weighted by molar-refractivity contribution is 9.11. The summed E-state index contributed by atoms with van der Waals surface area (Å²) in [5.41, 5.74) is 6.80. The summed E-state index contributed by atoms with van der Waals surface area (Å²) in [5.74, 6) is 0.808. The SMILES string of the molecule is C=C(Br)COc1ccc(Cl)cc1CC(C)N. The van der Waals surface area contributed by atoms with Gasteiger partial charge in [-0.2, -0.15) is 0 Å². The standard InChI is InChI=1S/C12H15BrClNO/c1-8(13)7-16-12-4-3-11(14)6-10(12)5-9(2)15/h3-4,6,9H,1,5,7,15H2,2H3. The molecule has 16 heavy (non-hydrogen) atoms. The summed E-state index contributed by atoms with van der Waals surface area (Å²) in [6.07, 6.45) is 0.741. The van der Waals surface area contributed by atoms with Crippen molar-refractivity contribution in [3.8, 4) is 5.75 Å². The Bertz CT molecular complexity index is 379. The van der Waals surface area contributed by atoms with Crippen LogP contribution in [0.4, 0.5) is 0 Å². The first kappa shape index (κ1) is 13.6. The van der Waals surface area contributed by atoms with E-state index in [9.17, 15) is 0 Å². The molecule has 0 bridgehead atoms. The summed E-state index contributed by atoms with van der Waals surface area (Å²) in [4.78, 5) is 0. The number of rotatable bonds is 5. The second-order valence-electron chi connectivity index (χ2n) is 3.74. The largest absolute Gasteiger partial charge is 0.488 e. The van der Waals surface area contributed by atoms with Gasteiger partial charge in [0.2, 0.25) is 0 Å². The average molecular weight is 305 g/mol. The Morgan fingerprint density at radius 3 is 2.88 bits per heavy atom. The van der Waals surface area contributed by atoms with Crippen LogP contribution in [0.5, 0.6) is 5.75 Å². The van der Waals surface area contributed by atoms with Crippen molar-refractivity contribution in [2.45, 2.75) is 19.4 Å². The van der Waals surface area contributed by atoms with E-state index < -0.39 is 0 Å². The predicted molar refractivity (Wildman–Crippen MR) is 72.4 cm³/mol. The Morgan fingerprint density at radius 1 is 1.62 bits per heavy atom. The van der Waals surface area contributed by atoms with Crippen molar-refractivity contribution in [1.82, 2.24) is 0 Å². The maximum absolute atomic E-state index is 5.94. The highest BCUT2D eigenvalue weighted by atomic mass is 79.9. The number of nitrogens with two attached hydrogens (primary N) is 1. The molecule has 1 rings (SSSR count). The molecule has 2 N–H and O–H groups in total. The molecule has 2 nitrogen and oxygen atoms in total. The third-order valence-corrected chi connectivity index (χ3v) is 2.41. The van der Waals surface area contributed by atoms with Gasteiger partial charge in [0.25, 0.3) is 0 Å². The van der Waals surface area contributed by atoms with Gasteiger partial charge in [-0.25, -0.2) is 0 Å². The van der Waals surface area contributed by atoms with Crippen molar-refractivity contribution in [3.63, 3.8) is 0 Å². The van der Waals surface area contributed by atoms with Gasteiger partial charge in [0.1, 0.15) is 12.4 Å². The molecule has 0 saturated carbocycles. The lowest BCUT2D eigenvalue weighted by molar-refractivity contribution is 0.356.